The predicted molar refractivity (Wildman–Crippen MR) is 88.6 cm³/mol. The van der Waals surface area contributed by atoms with Gasteiger partial charge in [0.15, 0.2) is 5.69 Å². The van der Waals surface area contributed by atoms with E-state index in [0.29, 0.717) is 17.7 Å². The van der Waals surface area contributed by atoms with E-state index in [1.165, 1.54) is 11.9 Å². The third-order valence-electron chi connectivity index (χ3n) is 4.63. The van der Waals surface area contributed by atoms with Gasteiger partial charge in [-0.05, 0) is 44.0 Å². The van der Waals surface area contributed by atoms with E-state index in [-0.39, 0.29) is 5.69 Å². The van der Waals surface area contributed by atoms with Crippen LogP contribution in [0.4, 0.5) is 0 Å². The van der Waals surface area contributed by atoms with Crippen LogP contribution < -0.4 is 0 Å². The van der Waals surface area contributed by atoms with Crippen molar-refractivity contribution in [2.24, 2.45) is 0 Å². The van der Waals surface area contributed by atoms with Crippen LogP contribution in [0.3, 0.4) is 0 Å². The Morgan fingerprint density at radius 3 is 2.62 bits per heavy atom. The first-order chi connectivity index (χ1) is 11.5. The molecule has 120 valence electrons. The van der Waals surface area contributed by atoms with Gasteiger partial charge in [0.05, 0.1) is 11.4 Å². The second-order valence-electron chi connectivity index (χ2n) is 6.12. The summed E-state index contributed by atoms with van der Waals surface area (Å²) in [6.07, 6.45) is 3.56. The van der Waals surface area contributed by atoms with E-state index in [2.05, 4.69) is 38.6 Å². The molecule has 1 aliphatic heterocycles. The number of benzene rings is 1. The number of rotatable bonds is 1. The summed E-state index contributed by atoms with van der Waals surface area (Å²) < 4.78 is 2.08. The highest BCUT2D eigenvalue weighted by molar-refractivity contribution is 5.90. The van der Waals surface area contributed by atoms with Crippen LogP contribution in [-0.2, 0) is 6.42 Å². The Hall–Kier alpha value is -3.02. The molecular weight excluding hydrogens is 304 g/mol. The van der Waals surface area contributed by atoms with Gasteiger partial charge in [0, 0.05) is 29.4 Å². The average molecular weight is 320 g/mol. The second-order valence-corrected chi connectivity index (χ2v) is 6.12. The maximum Gasteiger partial charge on any atom is 0.354 e. The van der Waals surface area contributed by atoms with E-state index in [1.54, 1.807) is 6.20 Å². The molecule has 0 amide bonds. The van der Waals surface area contributed by atoms with Crippen molar-refractivity contribution in [2.45, 2.75) is 27.2 Å². The zero-order valence-electron chi connectivity index (χ0n) is 13.7. The molecule has 3 heterocycles. The molecule has 0 spiro atoms. The Kier molecular flexibility index (Phi) is 3.03. The molecule has 24 heavy (non-hydrogen) atoms. The SMILES string of the molecule is Cc1cc2c(cc1C)-n1c(cnc1C)Cc1c(C(=O)O)ncnc1-2. The summed E-state index contributed by atoms with van der Waals surface area (Å²) in [4.78, 5) is 24.4. The highest BCUT2D eigenvalue weighted by Crippen LogP contribution is 2.37. The van der Waals surface area contributed by atoms with Gasteiger partial charge in [-0.2, -0.15) is 0 Å². The van der Waals surface area contributed by atoms with Gasteiger partial charge in [-0.25, -0.2) is 19.7 Å². The molecule has 1 aromatic carbocycles. The Balaban J connectivity index is 2.16. The average Bonchev–Trinajstić information content (AvgIpc) is 2.83. The van der Waals surface area contributed by atoms with E-state index < -0.39 is 5.97 Å². The minimum Gasteiger partial charge on any atom is -0.476 e. The first-order valence-corrected chi connectivity index (χ1v) is 7.69. The number of aromatic carboxylic acids is 1. The van der Waals surface area contributed by atoms with Crippen LogP contribution in [0, 0.1) is 20.8 Å². The Morgan fingerprint density at radius 2 is 1.88 bits per heavy atom. The molecule has 0 bridgehead atoms. The molecule has 2 aromatic heterocycles. The first-order valence-electron chi connectivity index (χ1n) is 7.69. The topological polar surface area (TPSA) is 80.9 Å². The summed E-state index contributed by atoms with van der Waals surface area (Å²) >= 11 is 0. The second kappa shape index (κ2) is 4.99. The normalized spacial score (nSPS) is 12.1. The molecule has 4 rings (SSSR count). The molecule has 0 radical (unpaired) electrons. The van der Waals surface area contributed by atoms with Crippen molar-refractivity contribution in [3.8, 4) is 16.9 Å². The van der Waals surface area contributed by atoms with Crippen LogP contribution in [0.15, 0.2) is 24.7 Å². The Labute approximate surface area is 138 Å². The van der Waals surface area contributed by atoms with Crippen LogP contribution in [0.2, 0.25) is 0 Å². The number of carbonyl (C=O) groups is 1. The minimum atomic E-state index is -1.04. The van der Waals surface area contributed by atoms with Crippen molar-refractivity contribution in [3.05, 3.63) is 58.6 Å². The predicted octanol–water partition coefficient (Wildman–Crippen LogP) is 2.86. The van der Waals surface area contributed by atoms with E-state index in [1.807, 2.05) is 13.8 Å². The number of nitrogens with zero attached hydrogens (tertiary/aromatic N) is 4. The van der Waals surface area contributed by atoms with Gasteiger partial charge in [-0.1, -0.05) is 0 Å². The molecule has 6 nitrogen and oxygen atoms in total. The summed E-state index contributed by atoms with van der Waals surface area (Å²) in [5.74, 6) is -0.170. The summed E-state index contributed by atoms with van der Waals surface area (Å²) in [6.45, 7) is 6.05. The standard InChI is InChI=1S/C18H16N4O2/c1-9-4-13-15(5-10(9)2)22-11(3)19-7-12(22)6-14-16(13)20-8-21-17(14)18(23)24/h4-5,7-8H,6H2,1-3H3,(H,23,24). The number of hydrogen-bond donors (Lipinski definition) is 1. The van der Waals surface area contributed by atoms with Gasteiger partial charge >= 0.3 is 5.97 Å². The molecular formula is C18H16N4O2. The molecule has 0 atom stereocenters. The first kappa shape index (κ1) is 14.6. The lowest BCUT2D eigenvalue weighted by molar-refractivity contribution is 0.0689. The maximum atomic E-state index is 11.6. The lowest BCUT2D eigenvalue weighted by Gasteiger charge is -2.14. The van der Waals surface area contributed by atoms with Crippen molar-refractivity contribution in [1.29, 1.82) is 0 Å². The Morgan fingerprint density at radius 1 is 1.12 bits per heavy atom. The van der Waals surface area contributed by atoms with Crippen molar-refractivity contribution in [3.63, 3.8) is 0 Å². The molecule has 0 saturated heterocycles. The van der Waals surface area contributed by atoms with Crippen molar-refractivity contribution >= 4 is 5.97 Å². The van der Waals surface area contributed by atoms with Crippen molar-refractivity contribution in [1.82, 2.24) is 19.5 Å². The van der Waals surface area contributed by atoms with Gasteiger partial charge in [0.1, 0.15) is 12.2 Å². The molecule has 3 aromatic rings. The molecule has 0 aliphatic carbocycles. The lowest BCUT2D eigenvalue weighted by atomic mass is 9.97. The van der Waals surface area contributed by atoms with E-state index >= 15 is 0 Å². The highest BCUT2D eigenvalue weighted by Gasteiger charge is 2.26. The zero-order chi connectivity index (χ0) is 17.0. The number of imidazole rings is 1. The number of carboxylic acids is 1. The van der Waals surface area contributed by atoms with Crippen LogP contribution in [0.5, 0.6) is 0 Å². The van der Waals surface area contributed by atoms with E-state index in [0.717, 1.165) is 28.3 Å². The molecule has 6 heteroatoms. The monoisotopic (exact) mass is 320 g/mol. The van der Waals surface area contributed by atoms with Gasteiger partial charge in [0.2, 0.25) is 0 Å². The van der Waals surface area contributed by atoms with Gasteiger partial charge in [0.25, 0.3) is 0 Å². The largest absolute Gasteiger partial charge is 0.476 e. The molecule has 0 saturated carbocycles. The molecule has 0 unspecified atom stereocenters. The van der Waals surface area contributed by atoms with E-state index in [9.17, 15) is 9.90 Å². The maximum absolute atomic E-state index is 11.6. The number of carboxylic acid groups (broad SMARTS) is 1. The van der Waals surface area contributed by atoms with Gasteiger partial charge in [-0.3, -0.25) is 4.57 Å². The minimum absolute atomic E-state index is 0.0523. The fourth-order valence-corrected chi connectivity index (χ4v) is 3.30. The quantitative estimate of drug-likeness (QED) is 0.583. The van der Waals surface area contributed by atoms with Crippen molar-refractivity contribution < 1.29 is 9.90 Å². The van der Waals surface area contributed by atoms with Gasteiger partial charge in [-0.15, -0.1) is 0 Å². The van der Waals surface area contributed by atoms with Crippen LogP contribution in [-0.4, -0.2) is 30.6 Å². The number of fused-ring (bicyclic) bond motifs is 5. The van der Waals surface area contributed by atoms with Crippen molar-refractivity contribution in [2.75, 3.05) is 0 Å². The summed E-state index contributed by atoms with van der Waals surface area (Å²) in [5.41, 5.74) is 6.51. The lowest BCUT2D eigenvalue weighted by Crippen LogP contribution is -2.09. The number of aromatic nitrogens is 4. The third kappa shape index (κ3) is 1.96. The van der Waals surface area contributed by atoms with E-state index in [4.69, 9.17) is 0 Å². The summed E-state index contributed by atoms with van der Waals surface area (Å²) in [6, 6.07) is 4.18. The van der Waals surface area contributed by atoms with Crippen LogP contribution in [0.25, 0.3) is 16.9 Å². The highest BCUT2D eigenvalue weighted by atomic mass is 16.4. The smallest absolute Gasteiger partial charge is 0.354 e. The number of aryl methyl sites for hydroxylation is 3. The Bertz CT molecular complexity index is 1000. The summed E-state index contributed by atoms with van der Waals surface area (Å²) in [5, 5.41) is 9.52. The zero-order valence-corrected chi connectivity index (χ0v) is 13.7. The van der Waals surface area contributed by atoms with Crippen LogP contribution >= 0.6 is 0 Å². The molecule has 1 N–H and O–H groups in total. The number of hydrogen-bond acceptors (Lipinski definition) is 4. The fourth-order valence-electron chi connectivity index (χ4n) is 3.30. The van der Waals surface area contributed by atoms with Crippen LogP contribution in [0.1, 0.15) is 38.7 Å². The molecule has 0 fully saturated rings. The fraction of sp³-hybridized carbons (Fsp3) is 0.222. The molecule has 1 aliphatic rings. The summed E-state index contributed by atoms with van der Waals surface area (Å²) in [7, 11) is 0. The van der Waals surface area contributed by atoms with Gasteiger partial charge < -0.3 is 5.11 Å². The third-order valence-corrected chi connectivity index (χ3v) is 4.63.